The molecule has 0 heterocycles. The molecule has 1 aromatic rings. The van der Waals surface area contributed by atoms with E-state index in [1.807, 2.05) is 0 Å². The van der Waals surface area contributed by atoms with Crippen molar-refractivity contribution in [2.45, 2.75) is 31.8 Å². The van der Waals surface area contributed by atoms with Gasteiger partial charge in [0.25, 0.3) is 0 Å². The maximum absolute atomic E-state index is 11.7. The van der Waals surface area contributed by atoms with Crippen LogP contribution in [0.4, 0.5) is 5.69 Å². The number of rotatable bonds is 5. The van der Waals surface area contributed by atoms with Gasteiger partial charge in [0.15, 0.2) is 5.75 Å². The minimum atomic E-state index is -0.777. The van der Waals surface area contributed by atoms with Gasteiger partial charge in [-0.25, -0.2) is 4.79 Å². The summed E-state index contributed by atoms with van der Waals surface area (Å²) in [5.74, 6) is -0.542. The number of nitro benzene ring substituents is 1. The predicted molar refractivity (Wildman–Crippen MR) is 73.9 cm³/mol. The summed E-state index contributed by atoms with van der Waals surface area (Å²) >= 11 is 0. The van der Waals surface area contributed by atoms with Crippen LogP contribution in [-0.2, 0) is 4.74 Å². The quantitative estimate of drug-likeness (QED) is 0.471. The van der Waals surface area contributed by atoms with E-state index in [1.54, 1.807) is 0 Å². The molecular formula is C14H17NO6. The Hall–Kier alpha value is -2.31. The van der Waals surface area contributed by atoms with Crippen molar-refractivity contribution in [3.05, 3.63) is 27.8 Å². The zero-order valence-corrected chi connectivity index (χ0v) is 12.0. The van der Waals surface area contributed by atoms with Gasteiger partial charge < -0.3 is 14.2 Å². The Morgan fingerprint density at radius 1 is 1.29 bits per heavy atom. The van der Waals surface area contributed by atoms with Crippen LogP contribution < -0.4 is 9.47 Å². The average molecular weight is 295 g/mol. The molecule has 0 N–H and O–H groups in total. The minimum absolute atomic E-state index is 0.00250. The normalized spacial score (nSPS) is 14.8. The summed E-state index contributed by atoms with van der Waals surface area (Å²) in [5, 5.41) is 11.4. The first-order valence-electron chi connectivity index (χ1n) is 6.68. The Kier molecular flexibility index (Phi) is 4.62. The Morgan fingerprint density at radius 2 is 1.95 bits per heavy atom. The standard InChI is InChI=1S/C14H17NO6/c1-19-11-8-7-10(14(16)20-2)12(15(17)18)13(11)21-9-5-3-4-6-9/h7-9H,3-6H2,1-2H3. The van der Waals surface area contributed by atoms with E-state index < -0.39 is 16.6 Å². The maximum Gasteiger partial charge on any atom is 0.345 e. The molecule has 7 nitrogen and oxygen atoms in total. The molecule has 1 saturated carbocycles. The van der Waals surface area contributed by atoms with Crippen LogP contribution in [0.25, 0.3) is 0 Å². The van der Waals surface area contributed by atoms with Gasteiger partial charge in [0.05, 0.1) is 25.2 Å². The smallest absolute Gasteiger partial charge is 0.345 e. The Bertz CT molecular complexity index is 551. The summed E-state index contributed by atoms with van der Waals surface area (Å²) < 4.78 is 15.5. The Balaban J connectivity index is 2.51. The summed E-state index contributed by atoms with van der Waals surface area (Å²) in [7, 11) is 2.58. The largest absolute Gasteiger partial charge is 0.493 e. The molecule has 7 heteroatoms. The maximum atomic E-state index is 11.7. The van der Waals surface area contributed by atoms with Crippen LogP contribution in [-0.4, -0.2) is 31.2 Å². The molecule has 0 saturated heterocycles. The first kappa shape index (κ1) is 15.1. The molecule has 0 bridgehead atoms. The minimum Gasteiger partial charge on any atom is -0.493 e. The number of nitro groups is 1. The number of ether oxygens (including phenoxy) is 3. The number of carbonyl (C=O) groups is 1. The molecule has 21 heavy (non-hydrogen) atoms. The van der Waals surface area contributed by atoms with Gasteiger partial charge in [0.1, 0.15) is 5.56 Å². The lowest BCUT2D eigenvalue weighted by atomic mass is 10.1. The second-order valence-electron chi connectivity index (χ2n) is 4.77. The summed E-state index contributed by atoms with van der Waals surface area (Å²) in [6, 6.07) is 2.79. The van der Waals surface area contributed by atoms with Gasteiger partial charge in [-0.15, -0.1) is 0 Å². The van der Waals surface area contributed by atoms with Gasteiger partial charge in [-0.3, -0.25) is 10.1 Å². The van der Waals surface area contributed by atoms with Crippen LogP contribution in [0.15, 0.2) is 12.1 Å². The lowest BCUT2D eigenvalue weighted by Crippen LogP contribution is -2.15. The molecule has 2 rings (SSSR count). The zero-order chi connectivity index (χ0) is 15.4. The fraction of sp³-hybridized carbons (Fsp3) is 0.500. The molecule has 0 radical (unpaired) electrons. The van der Waals surface area contributed by atoms with E-state index in [-0.39, 0.29) is 23.2 Å². The number of benzene rings is 1. The van der Waals surface area contributed by atoms with Crippen LogP contribution in [0, 0.1) is 10.1 Å². The second-order valence-corrected chi connectivity index (χ2v) is 4.77. The summed E-state index contributed by atoms with van der Waals surface area (Å²) in [5.41, 5.74) is -0.551. The highest BCUT2D eigenvalue weighted by Gasteiger charge is 2.32. The molecule has 0 aromatic heterocycles. The number of esters is 1. The summed E-state index contributed by atoms with van der Waals surface area (Å²) in [6.45, 7) is 0. The van der Waals surface area contributed by atoms with Gasteiger partial charge in [0, 0.05) is 0 Å². The average Bonchev–Trinajstić information content (AvgIpc) is 2.98. The predicted octanol–water partition coefficient (Wildman–Crippen LogP) is 2.71. The number of methoxy groups -OCH3 is 2. The zero-order valence-electron chi connectivity index (χ0n) is 12.0. The highest BCUT2D eigenvalue weighted by Crippen LogP contribution is 2.42. The van der Waals surface area contributed by atoms with E-state index in [1.165, 1.54) is 26.4 Å². The topological polar surface area (TPSA) is 87.9 Å². The highest BCUT2D eigenvalue weighted by molar-refractivity contribution is 5.95. The van der Waals surface area contributed by atoms with Gasteiger partial charge in [0.2, 0.25) is 5.75 Å². The fourth-order valence-electron chi connectivity index (χ4n) is 2.46. The van der Waals surface area contributed by atoms with Crippen LogP contribution in [0.2, 0.25) is 0 Å². The van der Waals surface area contributed by atoms with Gasteiger partial charge in [-0.05, 0) is 37.8 Å². The van der Waals surface area contributed by atoms with Crippen molar-refractivity contribution in [1.82, 2.24) is 0 Å². The van der Waals surface area contributed by atoms with E-state index >= 15 is 0 Å². The second kappa shape index (κ2) is 6.43. The molecule has 0 amide bonds. The summed E-state index contributed by atoms with van der Waals surface area (Å²) in [4.78, 5) is 22.4. The molecule has 0 spiro atoms. The van der Waals surface area contributed by atoms with Crippen molar-refractivity contribution in [2.75, 3.05) is 14.2 Å². The van der Waals surface area contributed by atoms with Crippen LogP contribution >= 0.6 is 0 Å². The Morgan fingerprint density at radius 3 is 2.48 bits per heavy atom. The van der Waals surface area contributed by atoms with Crippen molar-refractivity contribution >= 4 is 11.7 Å². The van der Waals surface area contributed by atoms with E-state index in [0.29, 0.717) is 0 Å². The lowest BCUT2D eigenvalue weighted by Gasteiger charge is -2.16. The van der Waals surface area contributed by atoms with Crippen LogP contribution in [0.3, 0.4) is 0 Å². The molecule has 1 aliphatic rings. The number of hydrogen-bond acceptors (Lipinski definition) is 6. The van der Waals surface area contributed by atoms with E-state index in [0.717, 1.165) is 25.7 Å². The van der Waals surface area contributed by atoms with E-state index in [4.69, 9.17) is 9.47 Å². The van der Waals surface area contributed by atoms with Crippen LogP contribution in [0.5, 0.6) is 11.5 Å². The van der Waals surface area contributed by atoms with Crippen molar-refractivity contribution in [3.63, 3.8) is 0 Å². The van der Waals surface area contributed by atoms with Crippen molar-refractivity contribution < 1.29 is 23.9 Å². The number of nitrogens with zero attached hydrogens (tertiary/aromatic N) is 1. The first-order valence-corrected chi connectivity index (χ1v) is 6.68. The number of hydrogen-bond donors (Lipinski definition) is 0. The van der Waals surface area contributed by atoms with Crippen molar-refractivity contribution in [1.29, 1.82) is 0 Å². The third kappa shape index (κ3) is 3.07. The lowest BCUT2D eigenvalue weighted by molar-refractivity contribution is -0.386. The van der Waals surface area contributed by atoms with Crippen molar-refractivity contribution in [2.24, 2.45) is 0 Å². The first-order chi connectivity index (χ1) is 10.1. The van der Waals surface area contributed by atoms with Crippen LogP contribution in [0.1, 0.15) is 36.0 Å². The monoisotopic (exact) mass is 295 g/mol. The number of carbonyl (C=O) groups excluding carboxylic acids is 1. The van der Waals surface area contributed by atoms with Crippen molar-refractivity contribution in [3.8, 4) is 11.5 Å². The van der Waals surface area contributed by atoms with Gasteiger partial charge in [-0.1, -0.05) is 0 Å². The molecule has 1 aromatic carbocycles. The van der Waals surface area contributed by atoms with E-state index in [9.17, 15) is 14.9 Å². The third-order valence-electron chi connectivity index (χ3n) is 3.49. The molecule has 1 fully saturated rings. The summed E-state index contributed by atoms with van der Waals surface area (Å²) in [6.07, 6.45) is 3.63. The molecule has 0 atom stereocenters. The highest BCUT2D eigenvalue weighted by atomic mass is 16.6. The fourth-order valence-corrected chi connectivity index (χ4v) is 2.46. The third-order valence-corrected chi connectivity index (χ3v) is 3.49. The Labute approximate surface area is 122 Å². The van der Waals surface area contributed by atoms with Gasteiger partial charge >= 0.3 is 11.7 Å². The molecule has 114 valence electrons. The van der Waals surface area contributed by atoms with E-state index in [2.05, 4.69) is 4.74 Å². The molecule has 0 aliphatic heterocycles. The molecule has 1 aliphatic carbocycles. The molecular weight excluding hydrogens is 278 g/mol. The van der Waals surface area contributed by atoms with Gasteiger partial charge in [-0.2, -0.15) is 0 Å². The SMILES string of the molecule is COC(=O)c1ccc(OC)c(OC2CCCC2)c1[N+](=O)[O-]. The molecule has 0 unspecified atom stereocenters.